The third kappa shape index (κ3) is 6.40. The van der Waals surface area contributed by atoms with Crippen molar-refractivity contribution in [1.29, 1.82) is 0 Å². The van der Waals surface area contributed by atoms with Crippen LogP contribution in [-0.4, -0.2) is 56.8 Å². The summed E-state index contributed by atoms with van der Waals surface area (Å²) in [5, 5.41) is 3.36. The van der Waals surface area contributed by atoms with Gasteiger partial charge in [-0.1, -0.05) is 36.4 Å². The van der Waals surface area contributed by atoms with Gasteiger partial charge in [-0.3, -0.25) is 9.79 Å². The summed E-state index contributed by atoms with van der Waals surface area (Å²) in [6.45, 7) is 12.4. The molecule has 1 saturated heterocycles. The molecule has 1 N–H and O–H groups in total. The molecule has 2 aromatic carbocycles. The lowest BCUT2D eigenvalue weighted by Crippen LogP contribution is -2.41. The number of amides is 1. The molecule has 0 radical (unpaired) electrons. The number of nitrogens with one attached hydrogen (secondary N) is 1. The Bertz CT molecular complexity index is 1090. The van der Waals surface area contributed by atoms with Gasteiger partial charge in [0.25, 0.3) is 5.91 Å². The highest BCUT2D eigenvalue weighted by Gasteiger charge is 2.28. The molecule has 1 fully saturated rings. The van der Waals surface area contributed by atoms with Crippen molar-refractivity contribution in [2.24, 2.45) is 4.99 Å². The van der Waals surface area contributed by atoms with Gasteiger partial charge in [0.2, 0.25) is 0 Å². The second kappa shape index (κ2) is 11.8. The molecule has 6 heteroatoms. The van der Waals surface area contributed by atoms with Crippen molar-refractivity contribution in [3.8, 4) is 0 Å². The van der Waals surface area contributed by atoms with Crippen LogP contribution in [0.25, 0.3) is 0 Å². The molecule has 35 heavy (non-hydrogen) atoms. The van der Waals surface area contributed by atoms with E-state index in [2.05, 4.69) is 60.0 Å². The van der Waals surface area contributed by atoms with Crippen LogP contribution in [0.1, 0.15) is 42.6 Å². The Morgan fingerprint density at radius 3 is 2.26 bits per heavy atom. The lowest BCUT2D eigenvalue weighted by molar-refractivity contribution is 0.0841. The maximum absolute atomic E-state index is 12.6. The van der Waals surface area contributed by atoms with E-state index in [9.17, 15) is 4.79 Å². The van der Waals surface area contributed by atoms with E-state index in [0.29, 0.717) is 17.3 Å². The summed E-state index contributed by atoms with van der Waals surface area (Å²) in [5.41, 5.74) is 6.61. The van der Waals surface area contributed by atoms with Gasteiger partial charge in [-0.2, -0.15) is 0 Å². The Kier molecular flexibility index (Phi) is 8.88. The summed E-state index contributed by atoms with van der Waals surface area (Å²) in [6, 6.07) is 17.1. The third-order valence-corrected chi connectivity index (χ3v) is 6.61. The van der Waals surface area contributed by atoms with Gasteiger partial charge in [0.1, 0.15) is 0 Å². The van der Waals surface area contributed by atoms with E-state index >= 15 is 0 Å². The first-order valence-electron chi connectivity index (χ1n) is 12.2. The highest BCUT2D eigenvalue weighted by atomic mass is 16.2. The minimum atomic E-state index is -0.0543. The van der Waals surface area contributed by atoms with Crippen molar-refractivity contribution in [2.45, 2.75) is 39.7 Å². The van der Waals surface area contributed by atoms with E-state index in [1.165, 1.54) is 37.2 Å². The number of hydrogen-bond donors (Lipinski definition) is 1. The third-order valence-electron chi connectivity index (χ3n) is 6.61. The van der Waals surface area contributed by atoms with Crippen molar-refractivity contribution >= 4 is 23.0 Å². The van der Waals surface area contributed by atoms with Crippen molar-refractivity contribution in [3.05, 3.63) is 83.8 Å². The van der Waals surface area contributed by atoms with Gasteiger partial charge in [0.15, 0.2) is 0 Å². The van der Waals surface area contributed by atoms with Crippen molar-refractivity contribution in [1.82, 2.24) is 10.2 Å². The molecule has 0 spiro atoms. The summed E-state index contributed by atoms with van der Waals surface area (Å²) >= 11 is 0. The Morgan fingerprint density at radius 1 is 1.03 bits per heavy atom. The van der Waals surface area contributed by atoms with E-state index < -0.39 is 0 Å². The predicted molar refractivity (Wildman–Crippen MR) is 148 cm³/mol. The molecule has 6 nitrogen and oxygen atoms in total. The summed E-state index contributed by atoms with van der Waals surface area (Å²) < 4.78 is 0. The van der Waals surface area contributed by atoms with Crippen LogP contribution in [0.4, 0.5) is 11.4 Å². The number of aliphatic imine (C=N–C) groups is 1. The molecule has 186 valence electrons. The van der Waals surface area contributed by atoms with Crippen molar-refractivity contribution in [2.75, 3.05) is 44.0 Å². The minimum Gasteiger partial charge on any atom is -0.371 e. The zero-order valence-electron chi connectivity index (χ0n) is 22.0. The largest absolute Gasteiger partial charge is 0.371 e. The van der Waals surface area contributed by atoms with Crippen LogP contribution < -0.4 is 15.1 Å². The van der Waals surface area contributed by atoms with E-state index in [1.54, 1.807) is 18.1 Å². The second-order valence-electron chi connectivity index (χ2n) is 9.36. The molecule has 0 unspecified atom stereocenters. The quantitative estimate of drug-likeness (QED) is 0.621. The SMILES string of the molecule is C=C1/C(=C\N=C(C)C)N(C)C(=O)c2ccccc2N1C.CNC1CCN(c2ccc(C)cc2)CC1. The number of carbonyl (C=O) groups excluding carboxylic acids is 1. The molecule has 2 heterocycles. The number of fused-ring (bicyclic) bond motifs is 1. The molecule has 0 aliphatic carbocycles. The van der Waals surface area contributed by atoms with Crippen LogP contribution in [0.5, 0.6) is 0 Å². The van der Waals surface area contributed by atoms with Gasteiger partial charge in [0, 0.05) is 44.6 Å². The highest BCUT2D eigenvalue weighted by molar-refractivity contribution is 6.02. The maximum Gasteiger partial charge on any atom is 0.260 e. The molecule has 2 aliphatic rings. The fourth-order valence-electron chi connectivity index (χ4n) is 4.28. The number of likely N-dealkylation sites (N-methyl/N-ethyl adjacent to an activating group) is 2. The molecule has 2 aliphatic heterocycles. The number of nitrogens with zero attached hydrogens (tertiary/aromatic N) is 4. The number of anilines is 2. The lowest BCUT2D eigenvalue weighted by Gasteiger charge is -2.33. The normalized spacial score (nSPS) is 17.5. The molecule has 4 rings (SSSR count). The maximum atomic E-state index is 12.6. The van der Waals surface area contributed by atoms with Gasteiger partial charge >= 0.3 is 0 Å². The Morgan fingerprint density at radius 2 is 1.66 bits per heavy atom. The van der Waals surface area contributed by atoms with Gasteiger partial charge < -0.3 is 20.0 Å². The molecule has 2 aromatic rings. The second-order valence-corrected chi connectivity index (χ2v) is 9.36. The summed E-state index contributed by atoms with van der Waals surface area (Å²) in [4.78, 5) is 22.8. The smallest absolute Gasteiger partial charge is 0.260 e. The Hall–Kier alpha value is -3.38. The fraction of sp³-hybridized carbons (Fsp3) is 0.379. The fourth-order valence-corrected chi connectivity index (χ4v) is 4.28. The van der Waals surface area contributed by atoms with Gasteiger partial charge in [-0.15, -0.1) is 0 Å². The predicted octanol–water partition coefficient (Wildman–Crippen LogP) is 5.23. The van der Waals surface area contributed by atoms with Gasteiger partial charge in [-0.25, -0.2) is 0 Å². The first kappa shape index (κ1) is 26.2. The summed E-state index contributed by atoms with van der Waals surface area (Å²) in [5.74, 6) is -0.0543. The number of hydrogen-bond acceptors (Lipinski definition) is 5. The molecule has 0 saturated carbocycles. The van der Waals surface area contributed by atoms with Crippen LogP contribution >= 0.6 is 0 Å². The van der Waals surface area contributed by atoms with E-state index in [4.69, 9.17) is 0 Å². The van der Waals surface area contributed by atoms with E-state index in [1.807, 2.05) is 50.1 Å². The highest BCUT2D eigenvalue weighted by Crippen LogP contribution is 2.31. The molecule has 0 aromatic heterocycles. The molecular weight excluding hydrogens is 434 g/mol. The van der Waals surface area contributed by atoms with Gasteiger partial charge in [-0.05, 0) is 64.9 Å². The number of rotatable bonds is 3. The number of aryl methyl sites for hydroxylation is 1. The standard InChI is InChI=1S/C16H19N3O.C13H20N2/c1-11(2)17-10-15-12(3)18(4)14-9-7-6-8-13(14)16(20)19(15)5;1-11-3-5-13(6-4-11)15-9-7-12(14-2)8-10-15/h6-10H,3H2,1-2,4-5H3;3-6,12,14H,7-10H2,1-2H3/b15-10+;. The van der Waals surface area contributed by atoms with Crippen molar-refractivity contribution in [3.63, 3.8) is 0 Å². The number of piperidine rings is 1. The van der Waals surface area contributed by atoms with E-state index in [0.717, 1.165) is 17.1 Å². The minimum absolute atomic E-state index is 0.0543. The van der Waals surface area contributed by atoms with Crippen LogP contribution in [0, 0.1) is 6.92 Å². The summed E-state index contributed by atoms with van der Waals surface area (Å²) in [7, 11) is 5.71. The van der Waals surface area contributed by atoms with Gasteiger partial charge in [0.05, 0.1) is 28.8 Å². The van der Waals surface area contributed by atoms with E-state index in [-0.39, 0.29) is 5.91 Å². The number of benzene rings is 2. The molecular formula is C29H39N5O. The van der Waals surface area contributed by atoms with Crippen LogP contribution in [0.3, 0.4) is 0 Å². The zero-order chi connectivity index (χ0) is 25.5. The van der Waals surface area contributed by atoms with Crippen molar-refractivity contribution < 1.29 is 4.79 Å². The monoisotopic (exact) mass is 473 g/mol. The molecule has 0 bridgehead atoms. The van der Waals surface area contributed by atoms with Crippen LogP contribution in [0.15, 0.2) is 77.7 Å². The number of carbonyl (C=O) groups is 1. The average Bonchev–Trinajstić information content (AvgIpc) is 2.94. The summed E-state index contributed by atoms with van der Waals surface area (Å²) in [6.07, 6.45) is 4.20. The Balaban J connectivity index is 0.000000203. The Labute approximate surface area is 210 Å². The first-order chi connectivity index (χ1) is 16.7. The zero-order valence-corrected chi connectivity index (χ0v) is 22.0. The molecule has 0 atom stereocenters. The molecule has 1 amide bonds. The topological polar surface area (TPSA) is 51.2 Å². The lowest BCUT2D eigenvalue weighted by atomic mass is 10.0. The number of para-hydroxylation sites is 1. The van der Waals surface area contributed by atoms with Crippen LogP contribution in [-0.2, 0) is 0 Å². The first-order valence-corrected chi connectivity index (χ1v) is 12.2. The average molecular weight is 474 g/mol. The van der Waals surface area contributed by atoms with Crippen LogP contribution in [0.2, 0.25) is 0 Å².